The summed E-state index contributed by atoms with van der Waals surface area (Å²) in [5.41, 5.74) is -0.0833. The standard InChI is InChI=1S/C5H5N2O2.4CH3.BF4.U/c1-2-9-5(8)4(7)3-6;;;;;2-1(3,4)5;/h2H2,1H3;4*1H3;;/q-1;;;;;-1;+1. The van der Waals surface area contributed by atoms with E-state index in [0.29, 0.717) is 0 Å². The van der Waals surface area contributed by atoms with Gasteiger partial charge in [-0.1, -0.05) is 0 Å². The third kappa shape index (κ3) is 20.0. The van der Waals surface area contributed by atoms with Gasteiger partial charge >= 0.3 is 94.5 Å². The van der Waals surface area contributed by atoms with Gasteiger partial charge in [-0.25, -0.2) is 0 Å². The summed E-state index contributed by atoms with van der Waals surface area (Å²) < 4.78 is 56.2. The number of hydrogen-bond donors (Lipinski definition) is 0. The summed E-state index contributed by atoms with van der Waals surface area (Å²) in [6.07, 6.45) is 0. The van der Waals surface area contributed by atoms with Gasteiger partial charge in [0.25, 0.3) is 0 Å². The second-order valence-electron chi connectivity index (χ2n) is 5.68. The Hall–Kier alpha value is -0.533. The van der Waals surface area contributed by atoms with Crippen LogP contribution >= 0.6 is 0 Å². The average Bonchev–Trinajstić information content (AvgIpc) is 2.09. The molecule has 0 heterocycles. The first-order valence-electron chi connectivity index (χ1n) is 5.45. The SMILES string of the molecule is CCOC(=O)C(C#N)=[N][U]([CH3])([CH3])([CH3])[CH3].F[B-](F)(F)F. The Labute approximate surface area is 111 Å². The monoisotopic (exact) mass is 510 g/mol. The fourth-order valence-corrected chi connectivity index (χ4v) is 5.08. The number of halogens is 4. The third-order valence-electron chi connectivity index (χ3n) is 1.13. The van der Waals surface area contributed by atoms with Gasteiger partial charge in [-0.2, -0.15) is 0 Å². The molecule has 0 aromatic rings. The first-order chi connectivity index (χ1) is 8.15. The number of hydrogen-bond acceptors (Lipinski definition) is 4. The molecule has 0 N–H and O–H groups in total. The average molecular weight is 510 g/mol. The van der Waals surface area contributed by atoms with Crippen molar-refractivity contribution in [1.82, 2.24) is 0 Å². The van der Waals surface area contributed by atoms with Crippen LogP contribution in [0.3, 0.4) is 0 Å². The predicted molar refractivity (Wildman–Crippen MR) is 63.3 cm³/mol. The molecule has 0 saturated carbocycles. The van der Waals surface area contributed by atoms with E-state index in [-0.39, 0.29) is 12.3 Å². The van der Waals surface area contributed by atoms with Crippen molar-refractivity contribution >= 4 is 18.9 Å². The summed E-state index contributed by atoms with van der Waals surface area (Å²) in [5, 5.41) is 8.76. The topological polar surface area (TPSA) is 62.5 Å². The number of nitrogens with zero attached hydrogens (tertiary/aromatic N) is 2. The molecule has 0 aliphatic heterocycles. The summed E-state index contributed by atoms with van der Waals surface area (Å²) in [6, 6.07) is 1.80. The zero-order valence-electron chi connectivity index (χ0n) is 11.5. The van der Waals surface area contributed by atoms with Crippen molar-refractivity contribution in [1.29, 1.82) is 5.26 Å². The molecule has 111 valence electrons. The van der Waals surface area contributed by atoms with Gasteiger partial charge < -0.3 is 17.3 Å². The smallest absolute Gasteiger partial charge is 0.418 e. The first kappa shape index (κ1) is 20.8. The number of nitriles is 1. The number of carbonyl (C=O) groups is 1. The molecule has 0 atom stereocenters. The van der Waals surface area contributed by atoms with Gasteiger partial charge in [0.05, 0.1) is 0 Å². The second-order valence-corrected chi connectivity index (χ2v) is 39.0. The van der Waals surface area contributed by atoms with E-state index < -0.39 is 36.2 Å². The Kier molecular flexibility index (Phi) is 7.99. The van der Waals surface area contributed by atoms with Crippen LogP contribution in [0.5, 0.6) is 0 Å². The van der Waals surface area contributed by atoms with Crippen molar-refractivity contribution in [2.75, 3.05) is 6.61 Å². The minimum atomic E-state index is -6.00. The van der Waals surface area contributed by atoms with Crippen molar-refractivity contribution in [3.05, 3.63) is 0 Å². The van der Waals surface area contributed by atoms with E-state index in [9.17, 15) is 22.1 Å². The summed E-state index contributed by atoms with van der Waals surface area (Å²) in [6.45, 7) is 1.98. The first-order valence-corrected chi connectivity index (χ1v) is 24.0. The molecule has 0 bridgehead atoms. The van der Waals surface area contributed by atoms with Gasteiger partial charge in [-0.15, -0.1) is 0 Å². The van der Waals surface area contributed by atoms with E-state index in [1.807, 2.05) is 0 Å². The van der Waals surface area contributed by atoms with Gasteiger partial charge in [-0.3, -0.25) is 0 Å². The molecular weight excluding hydrogens is 493 g/mol. The van der Waals surface area contributed by atoms with E-state index >= 15 is 0 Å². The van der Waals surface area contributed by atoms with Crippen LogP contribution < -0.4 is 0 Å². The molecule has 0 fully saturated rings. The molecule has 0 rings (SSSR count). The maximum absolute atomic E-state index is 11.3. The van der Waals surface area contributed by atoms with Crippen LogP contribution in [0.25, 0.3) is 0 Å². The Bertz CT molecular complexity index is 380. The van der Waals surface area contributed by atoms with Crippen molar-refractivity contribution in [2.24, 2.45) is 2.33 Å². The van der Waals surface area contributed by atoms with Crippen molar-refractivity contribution in [3.8, 4) is 6.07 Å². The van der Waals surface area contributed by atoms with Crippen LogP contribution in [0.15, 0.2) is 2.33 Å². The van der Waals surface area contributed by atoms with Gasteiger partial charge in [0.15, 0.2) is 0 Å². The molecular formula is C9H17BF4N2O2U-. The number of rotatable bonds is 3. The van der Waals surface area contributed by atoms with Crippen molar-refractivity contribution in [3.63, 3.8) is 0 Å². The van der Waals surface area contributed by atoms with E-state index in [1.165, 1.54) is 0 Å². The van der Waals surface area contributed by atoms with Gasteiger partial charge in [0.1, 0.15) is 0 Å². The Morgan fingerprint density at radius 2 is 1.63 bits per heavy atom. The zero-order chi connectivity index (χ0) is 15.9. The Balaban J connectivity index is 0. The number of esters is 1. The largest absolute Gasteiger partial charge is 0.673 e. The normalized spacial score (nSPS) is 14.3. The molecule has 0 unspecified atom stereocenters. The fraction of sp³-hybridized carbons (Fsp3) is 0.667. The summed E-state index contributed by atoms with van der Waals surface area (Å²) >= 11 is -3.23. The van der Waals surface area contributed by atoms with Crippen molar-refractivity contribution in [2.45, 2.75) is 22.8 Å². The molecule has 0 spiro atoms. The molecule has 10 heteroatoms. The van der Waals surface area contributed by atoms with E-state index in [0.717, 1.165) is 0 Å². The van der Waals surface area contributed by atoms with E-state index in [4.69, 9.17) is 10.00 Å². The van der Waals surface area contributed by atoms with Crippen LogP contribution in [0.2, 0.25) is 15.8 Å². The van der Waals surface area contributed by atoms with Crippen LogP contribution in [0, 0.1) is 34.3 Å². The van der Waals surface area contributed by atoms with Gasteiger partial charge in [-0.05, 0) is 0 Å². The molecule has 0 aliphatic carbocycles. The van der Waals surface area contributed by atoms with Crippen LogP contribution in [0.4, 0.5) is 17.3 Å². The van der Waals surface area contributed by atoms with Crippen LogP contribution in [-0.2, 0) is 9.53 Å². The second kappa shape index (κ2) is 7.30. The molecule has 0 aliphatic rings. The number of carbonyl (C=O) groups excluding carboxylic acids is 1. The maximum atomic E-state index is 11.3. The maximum Gasteiger partial charge on any atom is 0.673 e. The quantitative estimate of drug-likeness (QED) is 0.253. The Morgan fingerprint density at radius 3 is 1.84 bits per heavy atom. The molecule has 0 amide bonds. The van der Waals surface area contributed by atoms with Crippen molar-refractivity contribution < 1.29 is 49.8 Å². The van der Waals surface area contributed by atoms with E-state index in [1.54, 1.807) is 13.0 Å². The molecule has 0 aromatic carbocycles. The predicted octanol–water partition coefficient (Wildman–Crippen LogP) is 3.61. The fourth-order valence-electron chi connectivity index (χ4n) is 0.763. The Morgan fingerprint density at radius 1 is 1.26 bits per heavy atom. The summed E-state index contributed by atoms with van der Waals surface area (Å²) in [7, 11) is -6.00. The minimum Gasteiger partial charge on any atom is -0.418 e. The van der Waals surface area contributed by atoms with Crippen LogP contribution in [-0.4, -0.2) is 25.5 Å². The molecule has 0 saturated heterocycles. The van der Waals surface area contributed by atoms with E-state index in [2.05, 4.69) is 18.2 Å². The van der Waals surface area contributed by atoms with Gasteiger partial charge in [0, 0.05) is 0 Å². The molecule has 4 nitrogen and oxygen atoms in total. The van der Waals surface area contributed by atoms with Crippen LogP contribution in [0.1, 0.15) is 6.92 Å². The minimum absolute atomic E-state index is 0.0833. The summed E-state index contributed by atoms with van der Waals surface area (Å²) in [5.74, 6) is -0.605. The summed E-state index contributed by atoms with van der Waals surface area (Å²) in [4.78, 5) is 11.3. The number of ether oxygens (including phenoxy) is 1. The molecule has 0 radical (unpaired) electrons. The zero-order valence-corrected chi connectivity index (χ0v) is 15.7. The third-order valence-corrected chi connectivity index (χ3v) is 5.79. The molecule has 19 heavy (non-hydrogen) atoms. The van der Waals surface area contributed by atoms with Gasteiger partial charge in [0.2, 0.25) is 0 Å². The molecule has 0 aromatic heterocycles.